The fourth-order valence-corrected chi connectivity index (χ4v) is 2.79. The molecule has 0 amide bonds. The van der Waals surface area contributed by atoms with Crippen molar-refractivity contribution in [2.75, 3.05) is 5.32 Å². The third-order valence-corrected chi connectivity index (χ3v) is 4.18. The second-order valence-electron chi connectivity index (χ2n) is 4.61. The average Bonchev–Trinajstić information content (AvgIpc) is 2.96. The number of hydrogen-bond acceptors (Lipinski definition) is 3. The molecule has 4 heteroatoms. The summed E-state index contributed by atoms with van der Waals surface area (Å²) in [5.74, 6) is 0.974. The first-order chi connectivity index (χ1) is 8.70. The highest BCUT2D eigenvalue weighted by molar-refractivity contribution is 7.12. The third kappa shape index (κ3) is 3.13. The van der Waals surface area contributed by atoms with E-state index in [1.807, 2.05) is 23.7 Å². The van der Waals surface area contributed by atoms with Crippen LogP contribution in [0.1, 0.15) is 42.5 Å². The normalized spacial score (nSPS) is 12.6. The van der Waals surface area contributed by atoms with Crippen molar-refractivity contribution in [1.82, 2.24) is 9.55 Å². The Balaban J connectivity index is 2.02. The van der Waals surface area contributed by atoms with Crippen molar-refractivity contribution in [3.8, 4) is 0 Å². The Labute approximate surface area is 113 Å². The van der Waals surface area contributed by atoms with Crippen molar-refractivity contribution < 1.29 is 0 Å². The molecule has 98 valence electrons. The van der Waals surface area contributed by atoms with E-state index in [2.05, 4.69) is 47.8 Å². The van der Waals surface area contributed by atoms with Gasteiger partial charge >= 0.3 is 0 Å². The van der Waals surface area contributed by atoms with Gasteiger partial charge in [-0.3, -0.25) is 0 Å². The zero-order chi connectivity index (χ0) is 13.0. The van der Waals surface area contributed by atoms with Crippen LogP contribution < -0.4 is 5.32 Å². The van der Waals surface area contributed by atoms with Gasteiger partial charge in [-0.25, -0.2) is 4.98 Å². The van der Waals surface area contributed by atoms with Crippen LogP contribution >= 0.6 is 11.3 Å². The molecule has 3 nitrogen and oxygen atoms in total. The van der Waals surface area contributed by atoms with Crippen molar-refractivity contribution >= 4 is 17.3 Å². The molecule has 0 bridgehead atoms. The smallest absolute Gasteiger partial charge is 0.203 e. The lowest BCUT2D eigenvalue weighted by molar-refractivity contribution is 0.631. The van der Waals surface area contributed by atoms with Gasteiger partial charge < -0.3 is 9.88 Å². The minimum absolute atomic E-state index is 0.312. The molecule has 0 fully saturated rings. The van der Waals surface area contributed by atoms with Crippen LogP contribution in [0, 0.1) is 6.92 Å². The lowest BCUT2D eigenvalue weighted by Crippen LogP contribution is -2.10. The molecule has 0 aliphatic rings. The standard InChI is InChI=1S/C14H21N3S/c1-4-5-9-17-10-8-15-14(17)16-12(3)13-7-6-11(2)18-13/h6-8,10,12H,4-5,9H2,1-3H3,(H,15,16). The summed E-state index contributed by atoms with van der Waals surface area (Å²) in [6.45, 7) is 7.57. The summed E-state index contributed by atoms with van der Waals surface area (Å²) in [6.07, 6.45) is 6.31. The summed E-state index contributed by atoms with van der Waals surface area (Å²) in [6, 6.07) is 4.67. The Morgan fingerprint density at radius 1 is 1.44 bits per heavy atom. The second-order valence-corrected chi connectivity index (χ2v) is 5.93. The Hall–Kier alpha value is -1.29. The van der Waals surface area contributed by atoms with Gasteiger partial charge in [0.15, 0.2) is 0 Å². The van der Waals surface area contributed by atoms with Crippen molar-refractivity contribution in [3.05, 3.63) is 34.3 Å². The predicted molar refractivity (Wildman–Crippen MR) is 78.2 cm³/mol. The number of rotatable bonds is 6. The summed E-state index contributed by atoms with van der Waals surface area (Å²) < 4.78 is 2.19. The number of unbranched alkanes of at least 4 members (excludes halogenated alkanes) is 1. The van der Waals surface area contributed by atoms with Crippen LogP contribution in [0.15, 0.2) is 24.5 Å². The van der Waals surface area contributed by atoms with Crippen LogP contribution in [-0.4, -0.2) is 9.55 Å². The minimum Gasteiger partial charge on any atom is -0.348 e. The van der Waals surface area contributed by atoms with E-state index in [1.54, 1.807) is 0 Å². The summed E-state index contributed by atoms with van der Waals surface area (Å²) in [5, 5.41) is 3.49. The van der Waals surface area contributed by atoms with Crippen LogP contribution in [0.3, 0.4) is 0 Å². The van der Waals surface area contributed by atoms with E-state index >= 15 is 0 Å². The minimum atomic E-state index is 0.312. The van der Waals surface area contributed by atoms with Gasteiger partial charge in [0.25, 0.3) is 0 Å². The predicted octanol–water partition coefficient (Wildman–Crippen LogP) is 4.23. The zero-order valence-electron chi connectivity index (χ0n) is 11.3. The van der Waals surface area contributed by atoms with Crippen LogP contribution in [0.2, 0.25) is 0 Å². The molecule has 2 heterocycles. The van der Waals surface area contributed by atoms with Crippen molar-refractivity contribution in [1.29, 1.82) is 0 Å². The Bertz CT molecular complexity index is 487. The van der Waals surface area contributed by atoms with Gasteiger partial charge in [-0.05, 0) is 32.4 Å². The van der Waals surface area contributed by atoms with E-state index < -0.39 is 0 Å². The first-order valence-electron chi connectivity index (χ1n) is 6.54. The van der Waals surface area contributed by atoms with E-state index in [0.717, 1.165) is 12.5 Å². The molecule has 1 atom stereocenters. The highest BCUT2D eigenvalue weighted by Crippen LogP contribution is 2.25. The molecular formula is C14H21N3S. The van der Waals surface area contributed by atoms with Gasteiger partial charge in [0.1, 0.15) is 0 Å². The number of aromatic nitrogens is 2. The van der Waals surface area contributed by atoms with Gasteiger partial charge in [0.05, 0.1) is 6.04 Å². The third-order valence-electron chi connectivity index (χ3n) is 3.00. The van der Waals surface area contributed by atoms with E-state index in [4.69, 9.17) is 0 Å². The number of anilines is 1. The highest BCUT2D eigenvalue weighted by atomic mass is 32.1. The molecule has 0 saturated heterocycles. The Morgan fingerprint density at radius 3 is 2.94 bits per heavy atom. The van der Waals surface area contributed by atoms with Crippen LogP contribution in [0.25, 0.3) is 0 Å². The SMILES string of the molecule is CCCCn1ccnc1NC(C)c1ccc(C)s1. The molecule has 1 unspecified atom stereocenters. The maximum absolute atomic E-state index is 4.40. The molecule has 2 rings (SSSR count). The maximum Gasteiger partial charge on any atom is 0.203 e. The maximum atomic E-state index is 4.40. The Kier molecular flexibility index (Phi) is 4.42. The molecule has 0 saturated carbocycles. The van der Waals surface area contributed by atoms with Gasteiger partial charge in [-0.1, -0.05) is 13.3 Å². The van der Waals surface area contributed by atoms with E-state index in [9.17, 15) is 0 Å². The largest absolute Gasteiger partial charge is 0.348 e. The molecule has 0 aromatic carbocycles. The first-order valence-corrected chi connectivity index (χ1v) is 7.36. The highest BCUT2D eigenvalue weighted by Gasteiger charge is 2.10. The number of nitrogens with one attached hydrogen (secondary N) is 1. The second kappa shape index (κ2) is 6.05. The molecular weight excluding hydrogens is 242 g/mol. The summed E-state index contributed by atoms with van der Waals surface area (Å²) in [5.41, 5.74) is 0. The first kappa shape index (κ1) is 13.1. The molecule has 1 N–H and O–H groups in total. The number of imidazole rings is 1. The molecule has 2 aromatic heterocycles. The summed E-state index contributed by atoms with van der Waals surface area (Å²) >= 11 is 1.84. The monoisotopic (exact) mass is 263 g/mol. The van der Waals surface area contributed by atoms with Gasteiger partial charge in [0, 0.05) is 28.7 Å². The van der Waals surface area contributed by atoms with E-state index in [0.29, 0.717) is 6.04 Å². The molecule has 0 aliphatic carbocycles. The lowest BCUT2D eigenvalue weighted by atomic mass is 10.3. The number of thiophene rings is 1. The van der Waals surface area contributed by atoms with E-state index in [1.165, 1.54) is 22.6 Å². The van der Waals surface area contributed by atoms with Crippen LogP contribution in [0.4, 0.5) is 5.95 Å². The topological polar surface area (TPSA) is 29.9 Å². The van der Waals surface area contributed by atoms with Crippen molar-refractivity contribution in [2.45, 2.75) is 46.2 Å². The molecule has 0 aliphatic heterocycles. The van der Waals surface area contributed by atoms with Crippen LogP contribution in [-0.2, 0) is 6.54 Å². The number of aryl methyl sites for hydroxylation is 2. The quantitative estimate of drug-likeness (QED) is 0.845. The lowest BCUT2D eigenvalue weighted by Gasteiger charge is -2.14. The Morgan fingerprint density at radius 2 is 2.28 bits per heavy atom. The van der Waals surface area contributed by atoms with Crippen molar-refractivity contribution in [3.63, 3.8) is 0 Å². The summed E-state index contributed by atoms with van der Waals surface area (Å²) in [7, 11) is 0. The number of hydrogen-bond donors (Lipinski definition) is 1. The van der Waals surface area contributed by atoms with Crippen molar-refractivity contribution in [2.24, 2.45) is 0 Å². The van der Waals surface area contributed by atoms with Crippen LogP contribution in [0.5, 0.6) is 0 Å². The summed E-state index contributed by atoms with van der Waals surface area (Å²) in [4.78, 5) is 7.11. The molecule has 18 heavy (non-hydrogen) atoms. The molecule has 0 spiro atoms. The fraction of sp³-hybridized carbons (Fsp3) is 0.500. The molecule has 0 radical (unpaired) electrons. The van der Waals surface area contributed by atoms with Gasteiger partial charge in [-0.15, -0.1) is 11.3 Å². The average molecular weight is 263 g/mol. The van der Waals surface area contributed by atoms with Gasteiger partial charge in [0.2, 0.25) is 5.95 Å². The van der Waals surface area contributed by atoms with E-state index in [-0.39, 0.29) is 0 Å². The fourth-order valence-electron chi connectivity index (χ4n) is 1.91. The molecule has 2 aromatic rings. The van der Waals surface area contributed by atoms with Gasteiger partial charge in [-0.2, -0.15) is 0 Å². The number of nitrogens with zero attached hydrogens (tertiary/aromatic N) is 2. The zero-order valence-corrected chi connectivity index (χ0v) is 12.1.